The minimum absolute atomic E-state index is 0.0549. The van der Waals surface area contributed by atoms with Gasteiger partial charge in [0.15, 0.2) is 0 Å². The average molecular weight is 472 g/mol. The number of rotatable bonds is 7. The van der Waals surface area contributed by atoms with Gasteiger partial charge >= 0.3 is 0 Å². The van der Waals surface area contributed by atoms with Crippen molar-refractivity contribution in [2.45, 2.75) is 12.8 Å². The second kappa shape index (κ2) is 10.4. The Kier molecular flexibility index (Phi) is 7.19. The van der Waals surface area contributed by atoms with E-state index in [0.717, 1.165) is 5.69 Å². The lowest BCUT2D eigenvalue weighted by Gasteiger charge is -2.36. The molecule has 4 rings (SSSR count). The van der Waals surface area contributed by atoms with Crippen molar-refractivity contribution in [3.05, 3.63) is 65.3 Å². The summed E-state index contributed by atoms with van der Waals surface area (Å²) in [6.45, 7) is 2.51. The van der Waals surface area contributed by atoms with E-state index >= 15 is 0 Å². The van der Waals surface area contributed by atoms with Crippen molar-refractivity contribution in [2.24, 2.45) is 0 Å². The van der Waals surface area contributed by atoms with Gasteiger partial charge in [-0.1, -0.05) is 22.8 Å². The molecule has 3 aromatic rings. The molecule has 8 nitrogen and oxygen atoms in total. The standard InChI is InChI=1S/C23H23ClFN5O3/c24-17-2-1-3-19(14-17)29-10-12-30(13-11-29)22(32)15-26-20(31)8-9-21-27-23(28-33-21)16-4-6-18(25)7-5-16/h1-7,14H,8-13,15H2,(H,26,31). The van der Waals surface area contributed by atoms with Gasteiger partial charge < -0.3 is 19.6 Å². The maximum atomic E-state index is 13.0. The van der Waals surface area contributed by atoms with Crippen LogP contribution in [-0.2, 0) is 16.0 Å². The summed E-state index contributed by atoms with van der Waals surface area (Å²) in [5.41, 5.74) is 1.66. The Labute approximate surface area is 195 Å². The molecule has 0 bridgehead atoms. The second-order valence-corrected chi connectivity index (χ2v) is 8.08. The highest BCUT2D eigenvalue weighted by atomic mass is 35.5. The summed E-state index contributed by atoms with van der Waals surface area (Å²) >= 11 is 6.06. The Morgan fingerprint density at radius 2 is 1.85 bits per heavy atom. The third kappa shape index (κ3) is 6.07. The van der Waals surface area contributed by atoms with Gasteiger partial charge in [0, 0.05) is 55.3 Å². The minimum Gasteiger partial charge on any atom is -0.368 e. The first-order valence-corrected chi connectivity index (χ1v) is 11.0. The van der Waals surface area contributed by atoms with Gasteiger partial charge in [-0.05, 0) is 42.5 Å². The molecule has 33 heavy (non-hydrogen) atoms. The first-order valence-electron chi connectivity index (χ1n) is 10.6. The number of aromatic nitrogens is 2. The van der Waals surface area contributed by atoms with Crippen molar-refractivity contribution in [3.8, 4) is 11.4 Å². The van der Waals surface area contributed by atoms with E-state index in [1.807, 2.05) is 24.3 Å². The number of piperazine rings is 1. The highest BCUT2D eigenvalue weighted by Crippen LogP contribution is 2.21. The molecule has 2 heterocycles. The van der Waals surface area contributed by atoms with Crippen molar-refractivity contribution in [1.29, 1.82) is 0 Å². The molecule has 1 N–H and O–H groups in total. The van der Waals surface area contributed by atoms with Gasteiger partial charge in [0.05, 0.1) is 6.54 Å². The van der Waals surface area contributed by atoms with Crippen LogP contribution in [-0.4, -0.2) is 59.6 Å². The highest BCUT2D eigenvalue weighted by Gasteiger charge is 2.22. The predicted octanol–water partition coefficient (Wildman–Crippen LogP) is 2.93. The number of carbonyl (C=O) groups excluding carboxylic acids is 2. The average Bonchev–Trinajstić information content (AvgIpc) is 3.31. The molecule has 1 aromatic heterocycles. The fraction of sp³-hybridized carbons (Fsp3) is 0.304. The lowest BCUT2D eigenvalue weighted by molar-refractivity contribution is -0.133. The van der Waals surface area contributed by atoms with Gasteiger partial charge in [0.25, 0.3) is 0 Å². The van der Waals surface area contributed by atoms with Crippen molar-refractivity contribution in [3.63, 3.8) is 0 Å². The Balaban J connectivity index is 1.18. The SMILES string of the molecule is O=C(CCc1nc(-c2ccc(F)cc2)no1)NCC(=O)N1CCN(c2cccc(Cl)c2)CC1. The molecule has 0 spiro atoms. The molecule has 1 saturated heterocycles. The molecule has 0 unspecified atom stereocenters. The number of benzene rings is 2. The van der Waals surface area contributed by atoms with Crippen molar-refractivity contribution in [2.75, 3.05) is 37.6 Å². The van der Waals surface area contributed by atoms with Crippen LogP contribution < -0.4 is 10.2 Å². The number of nitrogens with zero attached hydrogens (tertiary/aromatic N) is 4. The maximum Gasteiger partial charge on any atom is 0.242 e. The fourth-order valence-corrected chi connectivity index (χ4v) is 3.74. The van der Waals surface area contributed by atoms with Crippen molar-refractivity contribution in [1.82, 2.24) is 20.4 Å². The molecule has 2 amide bonds. The lowest BCUT2D eigenvalue weighted by Crippen LogP contribution is -2.51. The number of anilines is 1. The molecule has 0 atom stereocenters. The van der Waals surface area contributed by atoms with Gasteiger partial charge in [-0.3, -0.25) is 9.59 Å². The zero-order chi connectivity index (χ0) is 23.2. The van der Waals surface area contributed by atoms with E-state index in [-0.39, 0.29) is 37.0 Å². The normalized spacial score (nSPS) is 13.8. The Morgan fingerprint density at radius 1 is 1.09 bits per heavy atom. The summed E-state index contributed by atoms with van der Waals surface area (Å²) in [6, 6.07) is 13.4. The van der Waals surface area contributed by atoms with E-state index in [0.29, 0.717) is 48.5 Å². The van der Waals surface area contributed by atoms with E-state index in [9.17, 15) is 14.0 Å². The fourth-order valence-electron chi connectivity index (χ4n) is 3.55. The van der Waals surface area contributed by atoms with Crippen LogP contribution in [0.5, 0.6) is 0 Å². The van der Waals surface area contributed by atoms with Gasteiger partial charge in [0.2, 0.25) is 23.5 Å². The van der Waals surface area contributed by atoms with Gasteiger partial charge in [0.1, 0.15) is 5.82 Å². The van der Waals surface area contributed by atoms with E-state index in [1.165, 1.54) is 12.1 Å². The summed E-state index contributed by atoms with van der Waals surface area (Å²) in [6.07, 6.45) is 0.355. The van der Waals surface area contributed by atoms with Gasteiger partial charge in [-0.2, -0.15) is 4.98 Å². The topological polar surface area (TPSA) is 91.6 Å². The minimum atomic E-state index is -0.350. The van der Waals surface area contributed by atoms with E-state index < -0.39 is 0 Å². The van der Waals surface area contributed by atoms with Crippen LogP contribution in [0.1, 0.15) is 12.3 Å². The summed E-state index contributed by atoms with van der Waals surface area (Å²) in [7, 11) is 0. The number of carbonyl (C=O) groups is 2. The van der Waals surface area contributed by atoms with Crippen LogP contribution in [0.25, 0.3) is 11.4 Å². The summed E-state index contributed by atoms with van der Waals surface area (Å²) < 4.78 is 18.2. The third-order valence-electron chi connectivity index (χ3n) is 5.38. The number of nitrogens with one attached hydrogen (secondary N) is 1. The van der Waals surface area contributed by atoms with E-state index in [2.05, 4.69) is 20.4 Å². The Bertz CT molecular complexity index is 1110. The molecule has 0 aliphatic carbocycles. The zero-order valence-corrected chi connectivity index (χ0v) is 18.6. The third-order valence-corrected chi connectivity index (χ3v) is 5.61. The second-order valence-electron chi connectivity index (χ2n) is 7.64. The van der Waals surface area contributed by atoms with E-state index in [4.69, 9.17) is 16.1 Å². The van der Waals surface area contributed by atoms with Gasteiger partial charge in [-0.25, -0.2) is 4.39 Å². The highest BCUT2D eigenvalue weighted by molar-refractivity contribution is 6.30. The number of amides is 2. The molecule has 1 aliphatic heterocycles. The number of aryl methyl sites for hydroxylation is 1. The molecule has 10 heteroatoms. The summed E-state index contributed by atoms with van der Waals surface area (Å²) in [5.74, 6) is -0.116. The molecule has 0 radical (unpaired) electrons. The largest absolute Gasteiger partial charge is 0.368 e. The quantitative estimate of drug-likeness (QED) is 0.569. The number of hydrogen-bond donors (Lipinski definition) is 1. The Hall–Kier alpha value is -3.46. The zero-order valence-electron chi connectivity index (χ0n) is 17.8. The number of halogens is 2. The molecular formula is C23H23ClFN5O3. The smallest absolute Gasteiger partial charge is 0.242 e. The molecule has 1 aliphatic rings. The summed E-state index contributed by atoms with van der Waals surface area (Å²) in [5, 5.41) is 7.18. The molecule has 172 valence electrons. The molecule has 2 aromatic carbocycles. The molecular weight excluding hydrogens is 449 g/mol. The van der Waals surface area contributed by atoms with Crippen LogP contribution in [0.4, 0.5) is 10.1 Å². The predicted molar refractivity (Wildman–Crippen MR) is 121 cm³/mol. The summed E-state index contributed by atoms with van der Waals surface area (Å²) in [4.78, 5) is 32.8. The van der Waals surface area contributed by atoms with E-state index in [1.54, 1.807) is 17.0 Å². The van der Waals surface area contributed by atoms with Crippen LogP contribution in [0.3, 0.4) is 0 Å². The lowest BCUT2D eigenvalue weighted by atomic mass is 10.2. The van der Waals surface area contributed by atoms with Crippen LogP contribution in [0.2, 0.25) is 5.02 Å². The van der Waals surface area contributed by atoms with Crippen molar-refractivity contribution < 1.29 is 18.5 Å². The molecule has 1 fully saturated rings. The van der Waals surface area contributed by atoms with Crippen LogP contribution in [0, 0.1) is 5.82 Å². The van der Waals surface area contributed by atoms with Gasteiger partial charge in [-0.15, -0.1) is 0 Å². The molecule has 0 saturated carbocycles. The van der Waals surface area contributed by atoms with Crippen LogP contribution >= 0.6 is 11.6 Å². The number of hydrogen-bond acceptors (Lipinski definition) is 6. The maximum absolute atomic E-state index is 13.0. The van der Waals surface area contributed by atoms with Crippen molar-refractivity contribution >= 4 is 29.1 Å². The monoisotopic (exact) mass is 471 g/mol. The first kappa shape index (κ1) is 22.7. The Morgan fingerprint density at radius 3 is 2.58 bits per heavy atom. The van der Waals surface area contributed by atoms with Crippen LogP contribution in [0.15, 0.2) is 53.1 Å². The first-order chi connectivity index (χ1) is 16.0.